The molecule has 2 heterocycles. The molecule has 1 atom stereocenters. The minimum absolute atomic E-state index is 0.242. The Hall–Kier alpha value is -1.36. The van der Waals surface area contributed by atoms with Crippen LogP contribution in [-0.4, -0.2) is 35.1 Å². The van der Waals surface area contributed by atoms with Gasteiger partial charge in [0.05, 0.1) is 0 Å². The number of rotatable bonds is 4. The third kappa shape index (κ3) is 3.51. The Morgan fingerprint density at radius 2 is 1.92 bits per heavy atom. The molecule has 1 saturated heterocycles. The standard InChI is InChI=1S/C19H29N3O2/c23-19(14-6-2-1-3-7-14)20-15-8-9-18-16(12-15)17(21-24-18)13-22-10-4-5-11-22/h14-15H,1-13H2,(H,20,23). The second-order valence-corrected chi connectivity index (χ2v) is 7.80. The van der Waals surface area contributed by atoms with Crippen molar-refractivity contribution in [3.05, 3.63) is 17.0 Å². The van der Waals surface area contributed by atoms with E-state index >= 15 is 0 Å². The number of amides is 1. The summed E-state index contributed by atoms with van der Waals surface area (Å²) in [6.45, 7) is 3.25. The van der Waals surface area contributed by atoms with E-state index in [1.165, 1.54) is 50.8 Å². The van der Waals surface area contributed by atoms with Gasteiger partial charge < -0.3 is 9.84 Å². The lowest BCUT2D eigenvalue weighted by Gasteiger charge is -2.27. The number of hydrogen-bond donors (Lipinski definition) is 1. The van der Waals surface area contributed by atoms with Gasteiger partial charge in [0.15, 0.2) is 0 Å². The maximum Gasteiger partial charge on any atom is 0.223 e. The average Bonchev–Trinajstić information content (AvgIpc) is 3.26. The molecule has 1 saturated carbocycles. The molecule has 3 aliphatic rings. The zero-order valence-corrected chi connectivity index (χ0v) is 14.6. The van der Waals surface area contributed by atoms with E-state index in [9.17, 15) is 4.79 Å². The molecule has 0 spiro atoms. The third-order valence-corrected chi connectivity index (χ3v) is 6.02. The van der Waals surface area contributed by atoms with Crippen molar-refractivity contribution in [1.29, 1.82) is 0 Å². The Bertz CT molecular complexity index is 571. The van der Waals surface area contributed by atoms with Crippen LogP contribution >= 0.6 is 0 Å². The zero-order chi connectivity index (χ0) is 16.4. The first kappa shape index (κ1) is 16.1. The van der Waals surface area contributed by atoms with Crippen LogP contribution in [0.4, 0.5) is 0 Å². The highest BCUT2D eigenvalue weighted by Crippen LogP contribution is 2.28. The van der Waals surface area contributed by atoms with E-state index in [4.69, 9.17) is 4.52 Å². The Morgan fingerprint density at radius 3 is 2.71 bits per heavy atom. The number of nitrogens with one attached hydrogen (secondary N) is 1. The lowest BCUT2D eigenvalue weighted by molar-refractivity contribution is -0.126. The predicted molar refractivity (Wildman–Crippen MR) is 91.5 cm³/mol. The van der Waals surface area contributed by atoms with Crippen LogP contribution in [0.15, 0.2) is 4.52 Å². The Morgan fingerprint density at radius 1 is 1.12 bits per heavy atom. The summed E-state index contributed by atoms with van der Waals surface area (Å²) in [5.41, 5.74) is 2.37. The number of aryl methyl sites for hydroxylation is 1. The molecule has 1 unspecified atom stereocenters. The van der Waals surface area contributed by atoms with Crippen molar-refractivity contribution >= 4 is 5.91 Å². The second-order valence-electron chi connectivity index (χ2n) is 7.80. The molecule has 1 N–H and O–H groups in total. The molecule has 1 aromatic rings. The average molecular weight is 331 g/mol. The van der Waals surface area contributed by atoms with Crippen LogP contribution < -0.4 is 5.32 Å². The summed E-state index contributed by atoms with van der Waals surface area (Å²) in [6.07, 6.45) is 11.2. The van der Waals surface area contributed by atoms with E-state index in [1.807, 2.05) is 0 Å². The van der Waals surface area contributed by atoms with Gasteiger partial charge in [0.25, 0.3) is 0 Å². The summed E-state index contributed by atoms with van der Waals surface area (Å²) in [5.74, 6) is 1.57. The van der Waals surface area contributed by atoms with Crippen LogP contribution in [0.25, 0.3) is 0 Å². The third-order valence-electron chi connectivity index (χ3n) is 6.02. The van der Waals surface area contributed by atoms with Crippen molar-refractivity contribution in [2.75, 3.05) is 13.1 Å². The van der Waals surface area contributed by atoms with Crippen molar-refractivity contribution in [3.8, 4) is 0 Å². The first-order valence-electron chi connectivity index (χ1n) is 9.78. The number of aromatic nitrogens is 1. The summed E-state index contributed by atoms with van der Waals surface area (Å²) in [5, 5.41) is 7.65. The molecule has 24 heavy (non-hydrogen) atoms. The van der Waals surface area contributed by atoms with E-state index < -0.39 is 0 Å². The van der Waals surface area contributed by atoms with E-state index in [-0.39, 0.29) is 17.9 Å². The topological polar surface area (TPSA) is 58.4 Å². The van der Waals surface area contributed by atoms with Crippen LogP contribution in [0.2, 0.25) is 0 Å². The molecular formula is C19H29N3O2. The fourth-order valence-corrected chi connectivity index (χ4v) is 4.55. The van der Waals surface area contributed by atoms with Crippen LogP contribution in [0.5, 0.6) is 0 Å². The van der Waals surface area contributed by atoms with Crippen molar-refractivity contribution in [3.63, 3.8) is 0 Å². The molecule has 0 aromatic carbocycles. The van der Waals surface area contributed by atoms with E-state index in [2.05, 4.69) is 15.4 Å². The Labute approximate surface area is 144 Å². The highest BCUT2D eigenvalue weighted by Gasteiger charge is 2.29. The van der Waals surface area contributed by atoms with Gasteiger partial charge >= 0.3 is 0 Å². The fraction of sp³-hybridized carbons (Fsp3) is 0.789. The van der Waals surface area contributed by atoms with Crippen LogP contribution in [0.1, 0.15) is 68.4 Å². The number of nitrogens with zero attached hydrogens (tertiary/aromatic N) is 2. The minimum Gasteiger partial charge on any atom is -0.361 e. The molecule has 1 aliphatic heterocycles. The van der Waals surface area contributed by atoms with Crippen molar-refractivity contribution in [2.45, 2.75) is 76.8 Å². The van der Waals surface area contributed by atoms with Gasteiger partial charge in [-0.05, 0) is 51.6 Å². The van der Waals surface area contributed by atoms with Crippen molar-refractivity contribution < 1.29 is 9.32 Å². The number of hydrogen-bond acceptors (Lipinski definition) is 4. The van der Waals surface area contributed by atoms with Crippen molar-refractivity contribution in [2.24, 2.45) is 5.92 Å². The molecule has 2 aliphatic carbocycles. The fourth-order valence-electron chi connectivity index (χ4n) is 4.55. The lowest BCUT2D eigenvalue weighted by Crippen LogP contribution is -2.42. The second kappa shape index (κ2) is 7.26. The molecule has 2 fully saturated rings. The smallest absolute Gasteiger partial charge is 0.223 e. The van der Waals surface area contributed by atoms with Gasteiger partial charge in [0.1, 0.15) is 11.5 Å². The largest absolute Gasteiger partial charge is 0.361 e. The highest BCUT2D eigenvalue weighted by molar-refractivity contribution is 5.79. The Kier molecular flexibility index (Phi) is 4.88. The molecule has 1 amide bonds. The van der Waals surface area contributed by atoms with Gasteiger partial charge in [-0.2, -0.15) is 0 Å². The molecule has 5 heteroatoms. The Balaban J connectivity index is 1.37. The van der Waals surface area contributed by atoms with E-state index in [1.54, 1.807) is 0 Å². The number of likely N-dealkylation sites (tertiary alicyclic amines) is 1. The number of carbonyl (C=O) groups excluding carboxylic acids is 1. The van der Waals surface area contributed by atoms with Gasteiger partial charge in [-0.15, -0.1) is 0 Å². The van der Waals surface area contributed by atoms with Crippen LogP contribution in [-0.2, 0) is 24.2 Å². The summed E-state index contributed by atoms with van der Waals surface area (Å²) < 4.78 is 5.58. The maximum absolute atomic E-state index is 12.5. The molecule has 5 nitrogen and oxygen atoms in total. The summed E-state index contributed by atoms with van der Waals surface area (Å²) in [6, 6.07) is 0.253. The number of fused-ring (bicyclic) bond motifs is 1. The molecule has 0 radical (unpaired) electrons. The highest BCUT2D eigenvalue weighted by atomic mass is 16.5. The summed E-state index contributed by atoms with van der Waals surface area (Å²) in [7, 11) is 0. The quantitative estimate of drug-likeness (QED) is 0.922. The zero-order valence-electron chi connectivity index (χ0n) is 14.6. The summed E-state index contributed by atoms with van der Waals surface area (Å²) in [4.78, 5) is 15.0. The van der Waals surface area contributed by atoms with Crippen molar-refractivity contribution in [1.82, 2.24) is 15.4 Å². The van der Waals surface area contributed by atoms with Gasteiger partial charge in [-0.3, -0.25) is 9.69 Å². The predicted octanol–water partition coefficient (Wildman–Crippen LogP) is 2.82. The monoisotopic (exact) mass is 331 g/mol. The molecular weight excluding hydrogens is 302 g/mol. The first-order chi connectivity index (χ1) is 11.8. The first-order valence-corrected chi connectivity index (χ1v) is 9.78. The summed E-state index contributed by atoms with van der Waals surface area (Å²) >= 11 is 0. The van der Waals surface area contributed by atoms with Gasteiger partial charge in [-0.1, -0.05) is 24.4 Å². The van der Waals surface area contributed by atoms with E-state index in [0.717, 1.165) is 50.1 Å². The number of carbonyl (C=O) groups is 1. The molecule has 1 aromatic heterocycles. The van der Waals surface area contributed by atoms with Crippen LogP contribution in [0.3, 0.4) is 0 Å². The van der Waals surface area contributed by atoms with E-state index in [0.29, 0.717) is 0 Å². The normalized spacial score (nSPS) is 25.6. The minimum atomic E-state index is 0.242. The van der Waals surface area contributed by atoms with Gasteiger partial charge in [0, 0.05) is 30.5 Å². The molecule has 132 valence electrons. The van der Waals surface area contributed by atoms with Crippen LogP contribution in [0, 0.1) is 5.92 Å². The molecule has 0 bridgehead atoms. The lowest BCUT2D eigenvalue weighted by atomic mass is 9.87. The van der Waals surface area contributed by atoms with Gasteiger partial charge in [-0.25, -0.2) is 0 Å². The SMILES string of the molecule is O=C(NC1CCc2onc(CN3CCCC3)c2C1)C1CCCCC1. The van der Waals surface area contributed by atoms with Gasteiger partial charge in [0.2, 0.25) is 5.91 Å². The molecule has 4 rings (SSSR count). The maximum atomic E-state index is 12.5.